The van der Waals surface area contributed by atoms with Crippen molar-refractivity contribution in [3.8, 4) is 17.2 Å². The van der Waals surface area contributed by atoms with E-state index >= 15 is 0 Å². The highest BCUT2D eigenvalue weighted by Gasteiger charge is 2.21. The summed E-state index contributed by atoms with van der Waals surface area (Å²) in [5.74, 6) is -0.194. The Morgan fingerprint density at radius 2 is 1.59 bits per heavy atom. The molecule has 2 aromatic rings. The van der Waals surface area contributed by atoms with Crippen molar-refractivity contribution in [2.75, 3.05) is 13.2 Å². The van der Waals surface area contributed by atoms with Crippen LogP contribution in [-0.2, 0) is 4.79 Å². The third kappa shape index (κ3) is 10.9. The van der Waals surface area contributed by atoms with Crippen LogP contribution in [-0.4, -0.2) is 19.2 Å². The van der Waals surface area contributed by atoms with Gasteiger partial charge in [0.05, 0.1) is 12.0 Å². The van der Waals surface area contributed by atoms with Crippen LogP contribution < -0.4 is 19.8 Å². The predicted molar refractivity (Wildman–Crippen MR) is 150 cm³/mol. The number of unbranched alkanes of at least 4 members (excludes halogenated alkanes) is 7. The zero-order valence-corrected chi connectivity index (χ0v) is 23.3. The second-order valence-electron chi connectivity index (χ2n) is 9.78. The standard InChI is InChI=1S/C31H44O6/c1-6-7-8-9-10-11-12-13-21-34-27-19-15-18-26-28(27)37-31(33)30(36-25(5)32)29(26)35-22-20-24(4)17-14-16-23(2)3/h15-16,18-20H,6-14,17,21-22H2,1-5H3/b24-20+. The maximum Gasteiger partial charge on any atom is 0.383 e. The molecule has 0 bridgehead atoms. The van der Waals surface area contributed by atoms with Crippen molar-refractivity contribution in [1.82, 2.24) is 0 Å². The van der Waals surface area contributed by atoms with Crippen molar-refractivity contribution >= 4 is 16.9 Å². The number of para-hydroxylation sites is 1. The molecule has 1 heterocycles. The van der Waals surface area contributed by atoms with Gasteiger partial charge in [0.1, 0.15) is 6.61 Å². The van der Waals surface area contributed by atoms with Crippen LogP contribution >= 0.6 is 0 Å². The van der Waals surface area contributed by atoms with E-state index < -0.39 is 11.6 Å². The summed E-state index contributed by atoms with van der Waals surface area (Å²) in [6.07, 6.45) is 15.7. The molecule has 204 valence electrons. The smallest absolute Gasteiger partial charge is 0.383 e. The minimum Gasteiger partial charge on any atom is -0.490 e. The van der Waals surface area contributed by atoms with Gasteiger partial charge in [-0.3, -0.25) is 4.79 Å². The summed E-state index contributed by atoms with van der Waals surface area (Å²) < 4.78 is 22.7. The molecule has 2 rings (SSSR count). The number of carbonyl (C=O) groups is 1. The molecule has 0 N–H and O–H groups in total. The number of allylic oxidation sites excluding steroid dienone is 3. The topological polar surface area (TPSA) is 75.0 Å². The highest BCUT2D eigenvalue weighted by Crippen LogP contribution is 2.37. The summed E-state index contributed by atoms with van der Waals surface area (Å²) >= 11 is 0. The summed E-state index contributed by atoms with van der Waals surface area (Å²) in [6, 6.07) is 5.37. The molecule has 0 atom stereocenters. The Hall–Kier alpha value is -3.02. The van der Waals surface area contributed by atoms with Crippen molar-refractivity contribution in [2.45, 2.75) is 98.8 Å². The molecular weight excluding hydrogens is 468 g/mol. The third-order valence-electron chi connectivity index (χ3n) is 6.06. The summed E-state index contributed by atoms with van der Waals surface area (Å²) in [6.45, 7) is 10.4. The van der Waals surface area contributed by atoms with E-state index in [1.54, 1.807) is 12.1 Å². The largest absolute Gasteiger partial charge is 0.490 e. The molecule has 37 heavy (non-hydrogen) atoms. The van der Waals surface area contributed by atoms with Gasteiger partial charge in [0, 0.05) is 6.92 Å². The minimum absolute atomic E-state index is 0.187. The first-order valence-corrected chi connectivity index (χ1v) is 13.7. The Morgan fingerprint density at radius 3 is 2.27 bits per heavy atom. The first kappa shape index (κ1) is 30.2. The lowest BCUT2D eigenvalue weighted by Gasteiger charge is -2.14. The van der Waals surface area contributed by atoms with Crippen LogP contribution in [0.3, 0.4) is 0 Å². The predicted octanol–water partition coefficient (Wildman–Crippen LogP) is 8.31. The van der Waals surface area contributed by atoms with Crippen LogP contribution in [0.2, 0.25) is 0 Å². The van der Waals surface area contributed by atoms with Crippen molar-refractivity contribution in [3.63, 3.8) is 0 Å². The number of carbonyl (C=O) groups excluding carboxylic acids is 1. The van der Waals surface area contributed by atoms with E-state index in [1.165, 1.54) is 56.6 Å². The molecule has 0 spiro atoms. The van der Waals surface area contributed by atoms with Crippen LogP contribution in [0.5, 0.6) is 17.2 Å². The fourth-order valence-electron chi connectivity index (χ4n) is 4.02. The highest BCUT2D eigenvalue weighted by atomic mass is 16.6. The lowest BCUT2D eigenvalue weighted by molar-refractivity contribution is -0.132. The van der Waals surface area contributed by atoms with E-state index in [4.69, 9.17) is 18.6 Å². The van der Waals surface area contributed by atoms with E-state index in [-0.39, 0.29) is 18.1 Å². The summed E-state index contributed by atoms with van der Waals surface area (Å²) in [5, 5.41) is 0.528. The Kier molecular flexibility index (Phi) is 13.6. The lowest BCUT2D eigenvalue weighted by Crippen LogP contribution is -2.14. The molecule has 1 aromatic carbocycles. The molecular formula is C31H44O6. The molecule has 0 aliphatic carbocycles. The van der Waals surface area contributed by atoms with E-state index in [9.17, 15) is 9.59 Å². The van der Waals surface area contributed by atoms with Crippen molar-refractivity contribution in [2.24, 2.45) is 0 Å². The molecule has 0 aliphatic rings. The van der Waals surface area contributed by atoms with Gasteiger partial charge in [0.2, 0.25) is 0 Å². The van der Waals surface area contributed by atoms with Crippen LogP contribution in [0.4, 0.5) is 0 Å². The van der Waals surface area contributed by atoms with Crippen LogP contribution in [0.15, 0.2) is 50.7 Å². The van der Waals surface area contributed by atoms with Gasteiger partial charge in [-0.25, -0.2) is 4.79 Å². The van der Waals surface area contributed by atoms with Crippen LogP contribution in [0.1, 0.15) is 98.8 Å². The quantitative estimate of drug-likeness (QED) is 0.0918. The maximum atomic E-state index is 12.8. The molecule has 0 unspecified atom stereocenters. The number of hydrogen-bond donors (Lipinski definition) is 0. The zero-order valence-electron chi connectivity index (χ0n) is 23.3. The van der Waals surface area contributed by atoms with Gasteiger partial charge in [0.25, 0.3) is 5.75 Å². The van der Waals surface area contributed by atoms with Gasteiger partial charge < -0.3 is 18.6 Å². The lowest BCUT2D eigenvalue weighted by atomic mass is 10.1. The Morgan fingerprint density at radius 1 is 0.892 bits per heavy atom. The molecule has 6 nitrogen and oxygen atoms in total. The summed E-state index contributed by atoms with van der Waals surface area (Å²) in [7, 11) is 0. The molecule has 1 aromatic heterocycles. The molecule has 0 amide bonds. The highest BCUT2D eigenvalue weighted by molar-refractivity contribution is 5.90. The average Bonchev–Trinajstić information content (AvgIpc) is 2.84. The molecule has 0 saturated heterocycles. The zero-order chi connectivity index (χ0) is 27.0. The molecule has 0 fully saturated rings. The van der Waals surface area contributed by atoms with Crippen LogP contribution in [0, 0.1) is 0 Å². The van der Waals surface area contributed by atoms with Crippen molar-refractivity contribution in [1.29, 1.82) is 0 Å². The normalized spacial score (nSPS) is 11.4. The van der Waals surface area contributed by atoms with Gasteiger partial charge in [0.15, 0.2) is 17.1 Å². The first-order chi connectivity index (χ1) is 17.8. The summed E-state index contributed by atoms with van der Waals surface area (Å²) in [5.41, 5.74) is 1.98. The number of rotatable bonds is 17. The molecule has 0 aliphatic heterocycles. The fourth-order valence-corrected chi connectivity index (χ4v) is 4.02. The van der Waals surface area contributed by atoms with Crippen molar-refractivity contribution in [3.05, 3.63) is 51.9 Å². The molecule has 0 radical (unpaired) electrons. The monoisotopic (exact) mass is 512 g/mol. The van der Waals surface area contributed by atoms with Gasteiger partial charge in [-0.05, 0) is 58.2 Å². The Balaban J connectivity index is 2.13. The minimum atomic E-state index is -0.773. The number of hydrogen-bond acceptors (Lipinski definition) is 6. The molecule has 6 heteroatoms. The number of ether oxygens (including phenoxy) is 3. The second-order valence-corrected chi connectivity index (χ2v) is 9.78. The van der Waals surface area contributed by atoms with Gasteiger partial charge in [-0.1, -0.05) is 75.2 Å². The van der Waals surface area contributed by atoms with E-state index in [0.717, 1.165) is 25.7 Å². The number of esters is 1. The second kappa shape index (κ2) is 16.7. The summed E-state index contributed by atoms with van der Waals surface area (Å²) in [4.78, 5) is 24.4. The van der Waals surface area contributed by atoms with Gasteiger partial charge in [-0.15, -0.1) is 0 Å². The van der Waals surface area contributed by atoms with Gasteiger partial charge in [-0.2, -0.15) is 0 Å². The maximum absolute atomic E-state index is 12.8. The van der Waals surface area contributed by atoms with E-state index in [0.29, 0.717) is 23.3 Å². The van der Waals surface area contributed by atoms with Crippen LogP contribution in [0.25, 0.3) is 11.0 Å². The fraction of sp³-hybridized carbons (Fsp3) is 0.548. The Labute approximate surface area is 221 Å². The van der Waals surface area contributed by atoms with E-state index in [1.807, 2.05) is 19.1 Å². The number of benzene rings is 1. The Bertz CT molecular complexity index is 1100. The average molecular weight is 513 g/mol. The van der Waals surface area contributed by atoms with Gasteiger partial charge >= 0.3 is 11.6 Å². The SMILES string of the molecule is CCCCCCCCCCOc1cccc2c(OC/C=C(\C)CCC=C(C)C)c(OC(C)=O)c(=O)oc12. The van der Waals surface area contributed by atoms with E-state index in [2.05, 4.69) is 26.8 Å². The third-order valence-corrected chi connectivity index (χ3v) is 6.06. The number of fused-ring (bicyclic) bond motifs is 1. The van der Waals surface area contributed by atoms with Crippen molar-refractivity contribution < 1.29 is 23.4 Å². The first-order valence-electron chi connectivity index (χ1n) is 13.7. The molecule has 0 saturated carbocycles.